The van der Waals surface area contributed by atoms with Crippen LogP contribution in [0, 0.1) is 5.82 Å². The highest BCUT2D eigenvalue weighted by Crippen LogP contribution is 2.37. The number of amides is 1. The predicted octanol–water partition coefficient (Wildman–Crippen LogP) is 2.67. The predicted molar refractivity (Wildman–Crippen MR) is 102 cm³/mol. The van der Waals surface area contributed by atoms with Gasteiger partial charge in [-0.2, -0.15) is 5.10 Å². The van der Waals surface area contributed by atoms with E-state index in [0.717, 1.165) is 36.5 Å². The van der Waals surface area contributed by atoms with Crippen molar-refractivity contribution in [1.82, 2.24) is 24.9 Å². The van der Waals surface area contributed by atoms with Gasteiger partial charge in [0.05, 0.1) is 19.8 Å². The van der Waals surface area contributed by atoms with Crippen molar-refractivity contribution in [3.8, 4) is 0 Å². The third-order valence-electron chi connectivity index (χ3n) is 5.54. The number of aryl methyl sites for hydroxylation is 1. The normalized spacial score (nSPS) is 25.4. The Hall–Kier alpha value is -3.03. The van der Waals surface area contributed by atoms with Crippen molar-refractivity contribution in [3.63, 3.8) is 0 Å². The van der Waals surface area contributed by atoms with Crippen molar-refractivity contribution in [3.05, 3.63) is 53.4 Å². The number of carbonyl (C=O) groups is 1. The lowest BCUT2D eigenvalue weighted by Crippen LogP contribution is -2.33. The summed E-state index contributed by atoms with van der Waals surface area (Å²) in [7, 11) is 0. The van der Waals surface area contributed by atoms with Crippen LogP contribution in [-0.2, 0) is 6.42 Å². The van der Waals surface area contributed by atoms with E-state index in [1.807, 2.05) is 6.07 Å². The van der Waals surface area contributed by atoms with E-state index in [4.69, 9.17) is 6.35 Å². The first-order valence-corrected chi connectivity index (χ1v) is 9.49. The molecule has 1 N–H and O–H groups in total. The summed E-state index contributed by atoms with van der Waals surface area (Å²) in [6.07, 6.45) is 7.11. The summed E-state index contributed by atoms with van der Waals surface area (Å²) in [5.41, 5.74) is 2.37. The van der Waals surface area contributed by atoms with E-state index >= 15 is 0 Å². The molecular formula is C20H21FN6O. The van der Waals surface area contributed by atoms with Crippen LogP contribution >= 0.6 is 0 Å². The van der Waals surface area contributed by atoms with Gasteiger partial charge in [-0.3, -0.25) is 9.78 Å². The number of nitrogens with one attached hydrogen (secondary N) is 1. The number of fused-ring (bicyclic) bond motifs is 5. The Morgan fingerprint density at radius 3 is 3.14 bits per heavy atom. The fourth-order valence-electron chi connectivity index (χ4n) is 4.15. The molecule has 0 radical (unpaired) electrons. The molecule has 2 bridgehead atoms. The maximum absolute atomic E-state index is 14.1. The van der Waals surface area contributed by atoms with Gasteiger partial charge in [0, 0.05) is 24.5 Å². The molecule has 3 aromatic rings. The second kappa shape index (κ2) is 6.54. The smallest absolute Gasteiger partial charge is 0.256 e. The van der Waals surface area contributed by atoms with Gasteiger partial charge in [0.2, 0.25) is 0 Å². The third kappa shape index (κ3) is 2.80. The summed E-state index contributed by atoms with van der Waals surface area (Å²) < 4.78 is 24.2. The first-order chi connectivity index (χ1) is 13.9. The Balaban J connectivity index is 1.70. The van der Waals surface area contributed by atoms with E-state index in [1.54, 1.807) is 23.7 Å². The van der Waals surface area contributed by atoms with Gasteiger partial charge in [-0.15, -0.1) is 0 Å². The second-order valence-corrected chi connectivity index (χ2v) is 7.39. The van der Waals surface area contributed by atoms with Crippen molar-refractivity contribution in [2.45, 2.75) is 44.7 Å². The van der Waals surface area contributed by atoms with Gasteiger partial charge in [0.25, 0.3) is 5.91 Å². The van der Waals surface area contributed by atoms with Crippen molar-refractivity contribution < 1.29 is 10.6 Å². The average Bonchev–Trinajstić information content (AvgIpc) is 3.32. The summed E-state index contributed by atoms with van der Waals surface area (Å²) in [6, 6.07) is 2.16. The van der Waals surface area contributed by atoms with Crippen LogP contribution in [-0.4, -0.2) is 38.1 Å². The fraction of sp³-hybridized carbons (Fsp3) is 0.400. The van der Waals surface area contributed by atoms with Gasteiger partial charge >= 0.3 is 0 Å². The highest BCUT2D eigenvalue weighted by Gasteiger charge is 2.31. The van der Waals surface area contributed by atoms with Crippen LogP contribution in [0.2, 0.25) is 0 Å². The quantitative estimate of drug-likeness (QED) is 0.648. The number of carbonyl (C=O) groups excluding carboxylic acids is 1. The zero-order valence-corrected chi connectivity index (χ0v) is 15.5. The Kier molecular flexibility index (Phi) is 3.73. The van der Waals surface area contributed by atoms with E-state index in [0.29, 0.717) is 24.1 Å². The molecule has 0 aromatic carbocycles. The Bertz CT molecular complexity index is 1110. The lowest BCUT2D eigenvalue weighted by Gasteiger charge is -2.27. The van der Waals surface area contributed by atoms with Crippen LogP contribution in [0.5, 0.6) is 0 Å². The molecule has 3 aromatic heterocycles. The topological polar surface area (TPSA) is 75.4 Å². The summed E-state index contributed by atoms with van der Waals surface area (Å²) in [4.78, 5) is 24.0. The van der Waals surface area contributed by atoms with Crippen LogP contribution in [0.1, 0.15) is 55.2 Å². The van der Waals surface area contributed by atoms with Gasteiger partial charge in [0.15, 0.2) is 5.65 Å². The van der Waals surface area contributed by atoms with Crippen LogP contribution in [0.3, 0.4) is 0 Å². The number of nitrogens with zero attached hydrogens (tertiary/aromatic N) is 5. The number of pyridine rings is 1. The number of rotatable bonds is 0. The molecule has 5 rings (SSSR count). The minimum atomic E-state index is -1.21. The van der Waals surface area contributed by atoms with Gasteiger partial charge in [-0.05, 0) is 50.3 Å². The number of hydrogen-bond acceptors (Lipinski definition) is 5. The summed E-state index contributed by atoms with van der Waals surface area (Å²) in [6.45, 7) is 2.44. The standard InChI is InChI=1S/C20H21FN6O/c1-12-4-5-16-14(9-13(21)10-22-16)17-3-2-7-26(17)18-6-8-27-19(25-18)15(11-23-27)20(28)24-12/h6,8-12,17H,2-5,7H2,1H3,(H,24,28)/t12-,17-/m0/s1/i12D. The molecule has 2 aliphatic rings. The highest BCUT2D eigenvalue weighted by atomic mass is 19.1. The molecule has 1 amide bonds. The first-order valence-electron chi connectivity index (χ1n) is 9.99. The molecule has 1 fully saturated rings. The monoisotopic (exact) mass is 381 g/mol. The number of hydrogen-bond donors (Lipinski definition) is 1. The lowest BCUT2D eigenvalue weighted by atomic mass is 9.98. The molecule has 7 nitrogen and oxygen atoms in total. The van der Waals surface area contributed by atoms with Gasteiger partial charge in [-0.25, -0.2) is 13.9 Å². The number of aromatic nitrogens is 4. The highest BCUT2D eigenvalue weighted by molar-refractivity contribution is 5.99. The van der Waals surface area contributed by atoms with Gasteiger partial charge in [0.1, 0.15) is 17.2 Å². The maximum Gasteiger partial charge on any atom is 0.256 e. The lowest BCUT2D eigenvalue weighted by molar-refractivity contribution is 0.0940. The summed E-state index contributed by atoms with van der Waals surface area (Å²) >= 11 is 0. The van der Waals surface area contributed by atoms with Gasteiger partial charge < -0.3 is 10.2 Å². The van der Waals surface area contributed by atoms with Crippen LogP contribution in [0.15, 0.2) is 30.7 Å². The fourth-order valence-corrected chi connectivity index (χ4v) is 4.15. The van der Waals surface area contributed by atoms with E-state index in [9.17, 15) is 9.18 Å². The molecule has 144 valence electrons. The van der Waals surface area contributed by atoms with E-state index in [-0.39, 0.29) is 17.8 Å². The second-order valence-electron chi connectivity index (χ2n) is 7.39. The summed E-state index contributed by atoms with van der Waals surface area (Å²) in [5, 5.41) is 6.98. The maximum atomic E-state index is 14.1. The molecule has 0 unspecified atom stereocenters. The van der Waals surface area contributed by atoms with Crippen LogP contribution in [0.25, 0.3) is 5.65 Å². The minimum absolute atomic E-state index is 0.0454. The molecule has 0 spiro atoms. The van der Waals surface area contributed by atoms with Crippen molar-refractivity contribution >= 4 is 17.4 Å². The largest absolute Gasteiger partial charge is 0.349 e. The van der Waals surface area contributed by atoms with E-state index < -0.39 is 6.02 Å². The Morgan fingerprint density at radius 1 is 1.36 bits per heavy atom. The molecule has 5 heterocycles. The molecule has 0 saturated carbocycles. The van der Waals surface area contributed by atoms with Crippen molar-refractivity contribution in [2.24, 2.45) is 0 Å². The van der Waals surface area contributed by atoms with Crippen LogP contribution < -0.4 is 10.2 Å². The molecule has 8 heteroatoms. The zero-order chi connectivity index (χ0) is 20.2. The van der Waals surface area contributed by atoms with E-state index in [1.165, 1.54) is 12.4 Å². The van der Waals surface area contributed by atoms with Crippen LogP contribution in [0.4, 0.5) is 10.2 Å². The number of halogens is 1. The van der Waals surface area contributed by atoms with Gasteiger partial charge in [-0.1, -0.05) is 0 Å². The summed E-state index contributed by atoms with van der Waals surface area (Å²) in [5.74, 6) is -0.0346. The van der Waals surface area contributed by atoms with Crippen molar-refractivity contribution in [2.75, 3.05) is 11.4 Å². The first kappa shape index (κ1) is 16.0. The molecule has 1 saturated heterocycles. The molecule has 28 heavy (non-hydrogen) atoms. The molecule has 2 aliphatic heterocycles. The Labute approximate surface area is 163 Å². The minimum Gasteiger partial charge on any atom is -0.349 e. The third-order valence-corrected chi connectivity index (χ3v) is 5.54. The molecule has 2 atom stereocenters. The zero-order valence-electron chi connectivity index (χ0n) is 16.5. The SMILES string of the molecule is [2H][C@]1(C)CCc2ncc(F)cc2[C@@H]2CCCN2c2ccn3ncc(c3n2)C(=O)N1. The van der Waals surface area contributed by atoms with Crippen molar-refractivity contribution in [1.29, 1.82) is 0 Å². The average molecular weight is 381 g/mol. The number of anilines is 1. The molecule has 0 aliphatic carbocycles. The Morgan fingerprint density at radius 2 is 2.25 bits per heavy atom. The van der Waals surface area contributed by atoms with E-state index in [2.05, 4.69) is 20.3 Å². The molecular weight excluding hydrogens is 359 g/mol.